The zero-order valence-corrected chi connectivity index (χ0v) is 69.3. The van der Waals surface area contributed by atoms with Gasteiger partial charge in [-0.25, -0.2) is 22.4 Å². The first-order valence-electron chi connectivity index (χ1n) is 35.7. The monoisotopic (exact) mass is 1690 g/mol. The zero-order valence-electron chi connectivity index (χ0n) is 67.7. The van der Waals surface area contributed by atoms with Crippen LogP contribution in [0.3, 0.4) is 0 Å². The number of phenolic OH excluding ortho intramolecular Hbond substituents is 3. The van der Waals surface area contributed by atoms with Gasteiger partial charge in [0.15, 0.2) is 70.0 Å². The molecular formula is C86H105BrF4N2O23. The lowest BCUT2D eigenvalue weighted by Gasteiger charge is -2.19. The quantitative estimate of drug-likeness (QED) is 0.00434. The fourth-order valence-electron chi connectivity index (χ4n) is 9.52. The van der Waals surface area contributed by atoms with Crippen LogP contribution in [-0.4, -0.2) is 176 Å². The molecule has 8 aromatic carbocycles. The highest BCUT2D eigenvalue weighted by atomic mass is 79.9. The van der Waals surface area contributed by atoms with Crippen LogP contribution in [0.5, 0.6) is 69.0 Å². The Morgan fingerprint density at radius 2 is 0.871 bits per heavy atom. The van der Waals surface area contributed by atoms with Crippen LogP contribution >= 0.6 is 15.9 Å². The summed E-state index contributed by atoms with van der Waals surface area (Å²) in [4.78, 5) is 67.9. The molecule has 0 amide bonds. The molecule has 0 aliphatic heterocycles. The molecule has 30 heteroatoms. The Bertz CT molecular complexity index is 4410. The average Bonchev–Trinajstić information content (AvgIpc) is 0.851. The molecule has 0 aliphatic rings. The van der Waals surface area contributed by atoms with Crippen molar-refractivity contribution in [3.05, 3.63) is 219 Å². The molecule has 0 heterocycles. The zero-order chi connectivity index (χ0) is 87.1. The number of rotatable bonds is 32. The predicted octanol–water partition coefficient (Wildman–Crippen LogP) is 14.9. The van der Waals surface area contributed by atoms with E-state index in [1.54, 1.807) is 104 Å². The maximum absolute atomic E-state index is 14.2. The van der Waals surface area contributed by atoms with Gasteiger partial charge in [-0.3, -0.25) is 24.0 Å². The number of halogens is 5. The number of carbonyl (C=O) groups is 6. The second-order valence-electron chi connectivity index (χ2n) is 26.0. The smallest absolute Gasteiger partial charge is 0.344 e. The third kappa shape index (κ3) is 38.7. The number of methoxy groups -OCH3 is 8. The van der Waals surface area contributed by atoms with Crippen LogP contribution in [0.2, 0.25) is 0 Å². The SMILES string of the molecule is CC(=O)c1cc(O)ccc1F.CC(C)(C)OC(=O)CBr.COc1ccc(/C=C/C(=O)c2cc(O)ccc2F)cc1OC.COc1ccc(C=O)cc1OC.COc1ccc(CCC(=O)c2cc(OCC(=O)OC(C)(C)C)ccc2F)cc1OC.COc1ccc(CCC(O)c2cc(O)ccc2F)cc1OC.NCCOCCOCCN. The van der Waals surface area contributed by atoms with E-state index >= 15 is 0 Å². The molecule has 1 unspecified atom stereocenters. The lowest BCUT2D eigenvalue weighted by molar-refractivity contribution is -0.157. The van der Waals surface area contributed by atoms with Crippen molar-refractivity contribution >= 4 is 57.6 Å². The minimum absolute atomic E-state index is 0.0680. The van der Waals surface area contributed by atoms with E-state index in [-0.39, 0.29) is 81.0 Å². The molecular weight excluding hydrogens is 1580 g/mol. The van der Waals surface area contributed by atoms with Gasteiger partial charge in [-0.1, -0.05) is 40.2 Å². The fraction of sp³-hybridized carbons (Fsp3) is 0.349. The van der Waals surface area contributed by atoms with Gasteiger partial charge in [-0.15, -0.1) is 0 Å². The van der Waals surface area contributed by atoms with Crippen LogP contribution in [0.25, 0.3) is 6.08 Å². The maximum Gasteiger partial charge on any atom is 0.344 e. The molecule has 8 rings (SSSR count). The summed E-state index contributed by atoms with van der Waals surface area (Å²) < 4.78 is 121. The summed E-state index contributed by atoms with van der Waals surface area (Å²) in [6.45, 7) is 15.2. The Labute approximate surface area is 682 Å². The number of hydrogen-bond acceptors (Lipinski definition) is 25. The summed E-state index contributed by atoms with van der Waals surface area (Å²) in [6, 6.07) is 35.1. The van der Waals surface area contributed by atoms with Crippen molar-refractivity contribution in [3.8, 4) is 69.0 Å². The molecule has 0 fully saturated rings. The molecule has 0 aliphatic carbocycles. The first kappa shape index (κ1) is 101. The van der Waals surface area contributed by atoms with E-state index in [9.17, 15) is 61.6 Å². The molecule has 0 radical (unpaired) electrons. The number of aliphatic hydroxyl groups excluding tert-OH is 1. The van der Waals surface area contributed by atoms with Crippen molar-refractivity contribution in [1.29, 1.82) is 0 Å². The van der Waals surface area contributed by atoms with Gasteiger partial charge in [0.25, 0.3) is 0 Å². The molecule has 25 nitrogen and oxygen atoms in total. The van der Waals surface area contributed by atoms with E-state index in [4.69, 9.17) is 78.2 Å². The third-order valence-corrected chi connectivity index (χ3v) is 15.4. The van der Waals surface area contributed by atoms with E-state index in [2.05, 4.69) is 15.9 Å². The lowest BCUT2D eigenvalue weighted by Crippen LogP contribution is -2.27. The molecule has 8 aromatic rings. The van der Waals surface area contributed by atoms with Crippen LogP contribution < -0.4 is 54.1 Å². The number of alkyl halides is 1. The van der Waals surface area contributed by atoms with Crippen LogP contribution in [0, 0.1) is 23.3 Å². The Balaban J connectivity index is 0.000000480. The molecule has 632 valence electrons. The Morgan fingerprint density at radius 1 is 0.466 bits per heavy atom. The lowest BCUT2D eigenvalue weighted by atomic mass is 10.0. The number of allylic oxidation sites excluding steroid dienone is 1. The second kappa shape index (κ2) is 53.7. The van der Waals surface area contributed by atoms with Crippen LogP contribution in [0.4, 0.5) is 17.6 Å². The number of hydrogen-bond donors (Lipinski definition) is 6. The molecule has 1 atom stereocenters. The normalized spacial score (nSPS) is 10.8. The van der Waals surface area contributed by atoms with Gasteiger partial charge < -0.3 is 93.5 Å². The van der Waals surface area contributed by atoms with Crippen molar-refractivity contribution in [2.45, 2.75) is 91.5 Å². The Hall–Kier alpha value is -11.3. The van der Waals surface area contributed by atoms with Gasteiger partial charge in [0.2, 0.25) is 0 Å². The summed E-state index contributed by atoms with van der Waals surface area (Å²) in [5, 5.41) is 38.0. The minimum atomic E-state index is -0.986. The molecule has 116 heavy (non-hydrogen) atoms. The third-order valence-electron chi connectivity index (χ3n) is 14.9. The Morgan fingerprint density at radius 3 is 1.31 bits per heavy atom. The number of esters is 2. The van der Waals surface area contributed by atoms with Crippen molar-refractivity contribution < 1.29 is 128 Å². The summed E-state index contributed by atoms with van der Waals surface area (Å²) in [5.41, 5.74) is 12.2. The summed E-state index contributed by atoms with van der Waals surface area (Å²) in [5.74, 6) is 0.0605. The molecule has 8 N–H and O–H groups in total. The minimum Gasteiger partial charge on any atom is -0.508 e. The van der Waals surface area contributed by atoms with E-state index in [0.29, 0.717) is 116 Å². The fourth-order valence-corrected chi connectivity index (χ4v) is 9.63. The van der Waals surface area contributed by atoms with Crippen LogP contribution in [0.15, 0.2) is 152 Å². The van der Waals surface area contributed by atoms with Crippen molar-refractivity contribution in [3.63, 3.8) is 0 Å². The molecule has 0 bridgehead atoms. The van der Waals surface area contributed by atoms with Crippen molar-refractivity contribution in [2.75, 3.05) is 108 Å². The van der Waals surface area contributed by atoms with Gasteiger partial charge in [-0.05, 0) is 218 Å². The number of carbonyl (C=O) groups excluding carboxylic acids is 6. The maximum atomic E-state index is 14.2. The standard InChI is InChI=1S/C23H27FO6.C17H19FO4.C17H15FO4.C9H10O3.C8H7FO2.C6H11BrO2.C6H16N2O2/c1-23(2,3)30-22(26)14-29-16-8-9-18(24)17(13-16)19(25)10-6-15-7-11-20(27-4)21(12-15)28-5;2*1-21-16-8-4-11(9-17(16)22-2)3-7-15(20)13-10-12(19)5-6-14(13)18;1-11-8-4-3-7(6-10)5-9(8)12-2;1-5(10)7-4-6(11)2-3-8(7)9;1-6(2,3)9-5(8)4-7;7-1-3-9-5-6-10-4-2-8/h7-9,11-13H,6,10,14H2,1-5H3;4-6,8-10,15,19-20H,3,7H2,1-2H3;3-10,19H,1-2H3;3-6H,1-2H3;2-4,11H,1H3;4H2,1-3H3;1-8H2/b;;7-3+;;;;. The molecule has 0 saturated carbocycles. The molecule has 0 spiro atoms. The van der Waals surface area contributed by atoms with E-state index < -0.39 is 52.5 Å². The number of Topliss-reactive ketones (excluding diaryl/α,β-unsaturated/α-hetero) is 2. The largest absolute Gasteiger partial charge is 0.508 e. The van der Waals surface area contributed by atoms with E-state index in [1.807, 2.05) is 39.0 Å². The highest BCUT2D eigenvalue weighted by Crippen LogP contribution is 2.33. The van der Waals surface area contributed by atoms with Crippen molar-refractivity contribution in [1.82, 2.24) is 0 Å². The van der Waals surface area contributed by atoms with Crippen LogP contribution in [-0.2, 0) is 41.4 Å². The van der Waals surface area contributed by atoms with E-state index in [0.717, 1.165) is 53.8 Å². The second-order valence-corrected chi connectivity index (χ2v) is 26.6. The summed E-state index contributed by atoms with van der Waals surface area (Å²) in [7, 11) is 12.3. The van der Waals surface area contributed by atoms with Gasteiger partial charge in [0.1, 0.15) is 69.1 Å². The number of aldehydes is 1. The van der Waals surface area contributed by atoms with Gasteiger partial charge in [0, 0.05) is 30.6 Å². The van der Waals surface area contributed by atoms with Crippen molar-refractivity contribution in [2.24, 2.45) is 11.5 Å². The topological polar surface area (TPSA) is 355 Å². The highest BCUT2D eigenvalue weighted by molar-refractivity contribution is 9.09. The first-order chi connectivity index (χ1) is 55.0. The first-order valence-corrected chi connectivity index (χ1v) is 36.8. The summed E-state index contributed by atoms with van der Waals surface area (Å²) in [6.07, 6.45) is 3.92. The average molecular weight is 1690 g/mol. The predicted molar refractivity (Wildman–Crippen MR) is 434 cm³/mol. The number of aryl methyl sites for hydroxylation is 2. The summed E-state index contributed by atoms with van der Waals surface area (Å²) >= 11 is 2.99. The Kier molecular flexibility index (Phi) is 46.7. The van der Waals surface area contributed by atoms with Gasteiger partial charge >= 0.3 is 11.9 Å². The number of ketones is 3. The number of ether oxygens (including phenoxy) is 13. The number of aromatic hydroxyl groups is 3. The van der Waals surface area contributed by atoms with Gasteiger partial charge in [0.05, 0.1) is 106 Å². The molecule has 0 saturated heterocycles. The number of aliphatic hydroxyl groups is 1. The van der Waals surface area contributed by atoms with Gasteiger partial charge in [-0.2, -0.15) is 0 Å². The number of benzene rings is 8. The number of phenols is 3. The van der Waals surface area contributed by atoms with Crippen LogP contribution in [0.1, 0.15) is 131 Å². The highest BCUT2D eigenvalue weighted by Gasteiger charge is 2.21. The number of nitrogens with two attached hydrogens (primary N) is 2. The molecule has 0 aromatic heterocycles. The van der Waals surface area contributed by atoms with E-state index in [1.165, 1.54) is 83.9 Å².